The first-order valence-electron chi connectivity index (χ1n) is 11.2. The lowest BCUT2D eigenvalue weighted by atomic mass is 10.1. The molecule has 0 spiro atoms. The second-order valence-electron chi connectivity index (χ2n) is 8.43. The summed E-state index contributed by atoms with van der Waals surface area (Å²) in [5.74, 6) is -2.12. The summed E-state index contributed by atoms with van der Waals surface area (Å²) >= 11 is 11.9. The molecule has 36 heavy (non-hydrogen) atoms. The van der Waals surface area contributed by atoms with E-state index in [-0.39, 0.29) is 27.7 Å². The molecular formula is C25H24Cl2FN5O3. The number of likely N-dealkylation sites (N-methyl/N-ethyl adjacent to an activating group) is 1. The molecular weight excluding hydrogens is 508 g/mol. The summed E-state index contributed by atoms with van der Waals surface area (Å²) in [4.78, 5) is 34.0. The minimum absolute atomic E-state index is 0.0308. The van der Waals surface area contributed by atoms with Crippen LogP contribution in [0.15, 0.2) is 48.7 Å². The molecule has 0 aliphatic carbocycles. The molecule has 1 fully saturated rings. The molecule has 1 aliphatic heterocycles. The van der Waals surface area contributed by atoms with Gasteiger partial charge in [-0.15, -0.1) is 0 Å². The van der Waals surface area contributed by atoms with Gasteiger partial charge in [0, 0.05) is 42.5 Å². The molecule has 2 aromatic carbocycles. The van der Waals surface area contributed by atoms with Crippen LogP contribution in [0.3, 0.4) is 0 Å². The summed E-state index contributed by atoms with van der Waals surface area (Å²) in [5.41, 5.74) is 0.182. The molecule has 4 rings (SSSR count). The van der Waals surface area contributed by atoms with Gasteiger partial charge < -0.3 is 25.5 Å². The molecule has 2 amide bonds. The van der Waals surface area contributed by atoms with E-state index in [1.54, 1.807) is 12.1 Å². The van der Waals surface area contributed by atoms with E-state index in [9.17, 15) is 19.1 Å². The van der Waals surface area contributed by atoms with Crippen molar-refractivity contribution < 1.29 is 19.1 Å². The van der Waals surface area contributed by atoms with Gasteiger partial charge in [0.05, 0.1) is 22.0 Å². The maximum absolute atomic E-state index is 15.0. The average molecular weight is 532 g/mol. The Morgan fingerprint density at radius 2 is 1.78 bits per heavy atom. The van der Waals surface area contributed by atoms with Crippen LogP contribution in [-0.4, -0.2) is 60.0 Å². The number of benzene rings is 2. The lowest BCUT2D eigenvalue weighted by molar-refractivity contribution is 0.102. The SMILES string of the molecule is CN1CCCN(c2ccc(C(=O)Nc3c(O)cc(Cl)cc3C(=O)Nc3ccc(Cl)cn3)cc2F)CC1. The number of carbonyl (C=O) groups is 2. The normalized spacial score (nSPS) is 14.3. The average Bonchev–Trinajstić information content (AvgIpc) is 3.06. The summed E-state index contributed by atoms with van der Waals surface area (Å²) in [5, 5.41) is 16.0. The minimum Gasteiger partial charge on any atom is -0.506 e. The van der Waals surface area contributed by atoms with Gasteiger partial charge in [0.2, 0.25) is 0 Å². The van der Waals surface area contributed by atoms with Crippen molar-refractivity contribution in [2.45, 2.75) is 6.42 Å². The smallest absolute Gasteiger partial charge is 0.259 e. The van der Waals surface area contributed by atoms with E-state index < -0.39 is 23.4 Å². The topological polar surface area (TPSA) is 97.8 Å². The molecule has 0 radical (unpaired) electrons. The van der Waals surface area contributed by atoms with E-state index in [0.717, 1.165) is 25.6 Å². The second kappa shape index (κ2) is 11.1. The summed E-state index contributed by atoms with van der Waals surface area (Å²) < 4.78 is 15.0. The minimum atomic E-state index is -0.702. The first-order chi connectivity index (χ1) is 17.2. The van der Waals surface area contributed by atoms with Gasteiger partial charge in [-0.05, 0) is 56.4 Å². The molecule has 188 valence electrons. The Morgan fingerprint density at radius 3 is 2.50 bits per heavy atom. The van der Waals surface area contributed by atoms with E-state index in [4.69, 9.17) is 23.2 Å². The number of halogens is 3. The first kappa shape index (κ1) is 25.7. The van der Waals surface area contributed by atoms with Crippen molar-refractivity contribution in [2.24, 2.45) is 0 Å². The first-order valence-corrected chi connectivity index (χ1v) is 12.0. The Kier molecular flexibility index (Phi) is 7.93. The molecule has 3 N–H and O–H groups in total. The Bertz CT molecular complexity index is 1290. The summed E-state index contributed by atoms with van der Waals surface area (Å²) in [6.07, 6.45) is 2.27. The monoisotopic (exact) mass is 531 g/mol. The summed E-state index contributed by atoms with van der Waals surface area (Å²) in [7, 11) is 2.03. The molecule has 1 saturated heterocycles. The fourth-order valence-corrected chi connectivity index (χ4v) is 4.24. The van der Waals surface area contributed by atoms with Crippen molar-refractivity contribution in [3.63, 3.8) is 0 Å². The van der Waals surface area contributed by atoms with Gasteiger partial charge in [0.25, 0.3) is 11.8 Å². The van der Waals surface area contributed by atoms with Crippen LogP contribution in [0, 0.1) is 5.82 Å². The molecule has 1 aromatic heterocycles. The second-order valence-corrected chi connectivity index (χ2v) is 9.30. The quantitative estimate of drug-likeness (QED) is 0.406. The Labute approximate surface area is 217 Å². The fraction of sp³-hybridized carbons (Fsp3) is 0.240. The maximum Gasteiger partial charge on any atom is 0.259 e. The van der Waals surface area contributed by atoms with Crippen LogP contribution in [0.5, 0.6) is 5.75 Å². The molecule has 0 atom stereocenters. The number of anilines is 3. The Morgan fingerprint density at radius 1 is 0.972 bits per heavy atom. The van der Waals surface area contributed by atoms with E-state index in [1.165, 1.54) is 30.5 Å². The van der Waals surface area contributed by atoms with Gasteiger partial charge in [0.15, 0.2) is 0 Å². The van der Waals surface area contributed by atoms with Crippen molar-refractivity contribution in [3.05, 3.63) is 75.7 Å². The third-order valence-electron chi connectivity index (χ3n) is 5.80. The molecule has 1 aliphatic rings. The molecule has 3 aromatic rings. The van der Waals surface area contributed by atoms with E-state index in [2.05, 4.69) is 20.5 Å². The number of rotatable bonds is 5. The zero-order chi connectivity index (χ0) is 25.8. The predicted octanol–water partition coefficient (Wildman–Crippen LogP) is 4.88. The lowest BCUT2D eigenvalue weighted by Crippen LogP contribution is -2.29. The number of nitrogens with one attached hydrogen (secondary N) is 2. The number of aromatic hydroxyl groups is 1. The largest absolute Gasteiger partial charge is 0.506 e. The number of carbonyl (C=O) groups excluding carboxylic acids is 2. The van der Waals surface area contributed by atoms with Gasteiger partial charge in [-0.2, -0.15) is 0 Å². The van der Waals surface area contributed by atoms with Crippen molar-refractivity contribution in [1.29, 1.82) is 0 Å². The van der Waals surface area contributed by atoms with Crippen molar-refractivity contribution in [2.75, 3.05) is 48.8 Å². The van der Waals surface area contributed by atoms with E-state index >= 15 is 0 Å². The number of hydrogen-bond donors (Lipinski definition) is 3. The number of hydrogen-bond acceptors (Lipinski definition) is 6. The van der Waals surface area contributed by atoms with Crippen molar-refractivity contribution in [1.82, 2.24) is 9.88 Å². The highest BCUT2D eigenvalue weighted by Crippen LogP contribution is 2.33. The molecule has 0 bridgehead atoms. The van der Waals surface area contributed by atoms with Gasteiger partial charge in [-0.1, -0.05) is 23.2 Å². The highest BCUT2D eigenvalue weighted by Gasteiger charge is 2.22. The number of aromatic nitrogens is 1. The zero-order valence-electron chi connectivity index (χ0n) is 19.4. The third kappa shape index (κ3) is 6.04. The van der Waals surface area contributed by atoms with Gasteiger partial charge in [-0.25, -0.2) is 9.37 Å². The maximum atomic E-state index is 15.0. The molecule has 0 saturated carbocycles. The van der Waals surface area contributed by atoms with Crippen LogP contribution in [-0.2, 0) is 0 Å². The zero-order valence-corrected chi connectivity index (χ0v) is 20.9. The van der Waals surface area contributed by atoms with Gasteiger partial charge >= 0.3 is 0 Å². The Balaban J connectivity index is 1.55. The van der Waals surface area contributed by atoms with Crippen LogP contribution >= 0.6 is 23.2 Å². The van der Waals surface area contributed by atoms with E-state index in [1.807, 2.05) is 11.9 Å². The number of amides is 2. The predicted molar refractivity (Wildman–Crippen MR) is 139 cm³/mol. The summed E-state index contributed by atoms with van der Waals surface area (Å²) in [6, 6.07) is 9.74. The van der Waals surface area contributed by atoms with Crippen LogP contribution in [0.4, 0.5) is 21.6 Å². The van der Waals surface area contributed by atoms with Crippen LogP contribution in [0.25, 0.3) is 0 Å². The molecule has 11 heteroatoms. The van der Waals surface area contributed by atoms with Crippen LogP contribution in [0.2, 0.25) is 10.0 Å². The number of nitrogens with zero attached hydrogens (tertiary/aromatic N) is 3. The number of phenols is 1. The van der Waals surface area contributed by atoms with Gasteiger partial charge in [-0.3, -0.25) is 9.59 Å². The third-order valence-corrected chi connectivity index (χ3v) is 6.25. The highest BCUT2D eigenvalue weighted by molar-refractivity contribution is 6.32. The number of pyridine rings is 1. The molecule has 2 heterocycles. The van der Waals surface area contributed by atoms with Crippen molar-refractivity contribution >= 4 is 52.2 Å². The highest BCUT2D eigenvalue weighted by atomic mass is 35.5. The molecule has 8 nitrogen and oxygen atoms in total. The number of phenolic OH excluding ortho intramolecular Hbond substituents is 1. The van der Waals surface area contributed by atoms with Crippen LogP contribution < -0.4 is 15.5 Å². The fourth-order valence-electron chi connectivity index (χ4n) is 3.91. The van der Waals surface area contributed by atoms with Crippen molar-refractivity contribution in [3.8, 4) is 5.75 Å². The van der Waals surface area contributed by atoms with E-state index in [0.29, 0.717) is 23.8 Å². The summed E-state index contributed by atoms with van der Waals surface area (Å²) in [6.45, 7) is 3.14. The van der Waals surface area contributed by atoms with Crippen LogP contribution in [0.1, 0.15) is 27.1 Å². The molecule has 0 unspecified atom stereocenters. The lowest BCUT2D eigenvalue weighted by Gasteiger charge is -2.23. The van der Waals surface area contributed by atoms with Gasteiger partial charge in [0.1, 0.15) is 17.4 Å². The standard InChI is InChI=1S/C25H24Cl2FN5O3/c1-32-7-2-8-33(10-9-32)20-5-3-15(11-19(20)28)24(35)31-23-18(12-17(27)13-21(23)34)25(36)30-22-6-4-16(26)14-29-22/h3-6,11-14,34H,2,7-10H2,1H3,(H,31,35)(H,29,30,36). The Hall–Kier alpha value is -3.40.